The highest BCUT2D eigenvalue weighted by atomic mass is 16.1. The van der Waals surface area contributed by atoms with E-state index in [0.29, 0.717) is 5.56 Å². The van der Waals surface area contributed by atoms with E-state index in [9.17, 15) is 4.79 Å². The fraction of sp³-hybridized carbons (Fsp3) is 0.611. The molecule has 3 heteroatoms. The van der Waals surface area contributed by atoms with Crippen LogP contribution in [-0.4, -0.2) is 12.1 Å². The Morgan fingerprint density at radius 1 is 1.00 bits per heavy atom. The van der Waals surface area contributed by atoms with Crippen LogP contribution in [0.25, 0.3) is 0 Å². The van der Waals surface area contributed by atoms with Crippen LogP contribution < -0.4 is 11.1 Å². The molecule has 1 rings (SSSR count). The van der Waals surface area contributed by atoms with Gasteiger partial charge in [-0.05, 0) is 18.6 Å². The van der Waals surface area contributed by atoms with E-state index in [4.69, 9.17) is 5.73 Å². The number of amides is 1. The summed E-state index contributed by atoms with van der Waals surface area (Å²) < 4.78 is 0. The molecule has 21 heavy (non-hydrogen) atoms. The van der Waals surface area contributed by atoms with E-state index in [1.807, 2.05) is 18.2 Å². The highest BCUT2D eigenvalue weighted by Crippen LogP contribution is 2.10. The van der Waals surface area contributed by atoms with Crippen LogP contribution in [0.5, 0.6) is 0 Å². The summed E-state index contributed by atoms with van der Waals surface area (Å²) in [4.78, 5) is 11.9. The first kappa shape index (κ1) is 17.7. The summed E-state index contributed by atoms with van der Waals surface area (Å²) in [6.45, 7) is 2.24. The number of carbonyl (C=O) groups excluding carboxylic acids is 1. The molecule has 0 saturated carbocycles. The standard InChI is InChI=1S/C18H30N2O/c1-2-3-4-5-6-7-8-12-15-17(19)20-18(21)16-13-10-9-11-14-16/h9-11,13-14,17H,2-8,12,15,19H2,1H3,(H,20,21). The summed E-state index contributed by atoms with van der Waals surface area (Å²) >= 11 is 0. The Morgan fingerprint density at radius 2 is 1.57 bits per heavy atom. The number of hydrogen-bond donors (Lipinski definition) is 2. The molecule has 1 aromatic rings. The van der Waals surface area contributed by atoms with Gasteiger partial charge < -0.3 is 11.1 Å². The third kappa shape index (κ3) is 8.51. The average molecular weight is 290 g/mol. The van der Waals surface area contributed by atoms with Crippen molar-refractivity contribution in [2.75, 3.05) is 0 Å². The minimum atomic E-state index is -0.238. The molecule has 0 fully saturated rings. The number of nitrogens with one attached hydrogen (secondary N) is 1. The second-order valence-corrected chi connectivity index (χ2v) is 5.71. The summed E-state index contributed by atoms with van der Waals surface area (Å²) in [7, 11) is 0. The maximum atomic E-state index is 11.9. The van der Waals surface area contributed by atoms with Crippen LogP contribution in [0.4, 0.5) is 0 Å². The smallest absolute Gasteiger partial charge is 0.252 e. The van der Waals surface area contributed by atoms with Crippen molar-refractivity contribution in [3.63, 3.8) is 0 Å². The van der Waals surface area contributed by atoms with Crippen molar-refractivity contribution in [3.05, 3.63) is 35.9 Å². The molecule has 0 bridgehead atoms. The summed E-state index contributed by atoms with van der Waals surface area (Å²) in [5.41, 5.74) is 6.63. The van der Waals surface area contributed by atoms with Crippen molar-refractivity contribution in [2.24, 2.45) is 5.73 Å². The highest BCUT2D eigenvalue weighted by molar-refractivity contribution is 5.94. The Labute approximate surface area is 129 Å². The number of hydrogen-bond acceptors (Lipinski definition) is 2. The van der Waals surface area contributed by atoms with Crippen LogP contribution >= 0.6 is 0 Å². The summed E-state index contributed by atoms with van der Waals surface area (Å²) in [6.07, 6.45) is 10.9. The molecule has 0 aromatic heterocycles. The molecule has 118 valence electrons. The minimum Gasteiger partial charge on any atom is -0.337 e. The van der Waals surface area contributed by atoms with Gasteiger partial charge in [0.25, 0.3) is 5.91 Å². The van der Waals surface area contributed by atoms with E-state index in [-0.39, 0.29) is 12.1 Å². The van der Waals surface area contributed by atoms with Gasteiger partial charge in [-0.15, -0.1) is 0 Å². The van der Waals surface area contributed by atoms with Gasteiger partial charge in [-0.3, -0.25) is 4.79 Å². The van der Waals surface area contributed by atoms with Gasteiger partial charge in [-0.1, -0.05) is 76.5 Å². The molecular weight excluding hydrogens is 260 g/mol. The normalized spacial score (nSPS) is 12.1. The van der Waals surface area contributed by atoms with Crippen molar-refractivity contribution in [3.8, 4) is 0 Å². The molecule has 0 radical (unpaired) electrons. The number of rotatable bonds is 11. The van der Waals surface area contributed by atoms with E-state index < -0.39 is 0 Å². The van der Waals surface area contributed by atoms with Gasteiger partial charge >= 0.3 is 0 Å². The van der Waals surface area contributed by atoms with Crippen LogP contribution in [0.2, 0.25) is 0 Å². The molecule has 0 aliphatic heterocycles. The molecule has 1 amide bonds. The van der Waals surface area contributed by atoms with Crippen molar-refractivity contribution in [1.82, 2.24) is 5.32 Å². The Morgan fingerprint density at radius 3 is 2.19 bits per heavy atom. The first-order chi connectivity index (χ1) is 10.2. The average Bonchev–Trinajstić information content (AvgIpc) is 2.50. The largest absolute Gasteiger partial charge is 0.337 e. The zero-order valence-electron chi connectivity index (χ0n) is 13.3. The third-order valence-corrected chi connectivity index (χ3v) is 3.72. The number of carbonyl (C=O) groups is 1. The Bertz CT molecular complexity index is 378. The fourth-order valence-electron chi connectivity index (χ4n) is 2.41. The molecule has 0 aliphatic rings. The Hall–Kier alpha value is -1.35. The maximum Gasteiger partial charge on any atom is 0.252 e. The fourth-order valence-corrected chi connectivity index (χ4v) is 2.41. The van der Waals surface area contributed by atoms with Gasteiger partial charge in [0.05, 0.1) is 6.17 Å². The summed E-state index contributed by atoms with van der Waals surface area (Å²) in [5.74, 6) is -0.0809. The first-order valence-corrected chi connectivity index (χ1v) is 8.35. The van der Waals surface area contributed by atoms with Crippen LogP contribution in [0, 0.1) is 0 Å². The van der Waals surface area contributed by atoms with Crippen molar-refractivity contribution in [2.45, 2.75) is 70.9 Å². The monoisotopic (exact) mass is 290 g/mol. The summed E-state index contributed by atoms with van der Waals surface area (Å²) in [5, 5.41) is 2.85. The highest BCUT2D eigenvalue weighted by Gasteiger charge is 2.08. The number of nitrogens with two attached hydrogens (primary N) is 1. The lowest BCUT2D eigenvalue weighted by Gasteiger charge is -2.13. The molecule has 0 spiro atoms. The van der Waals surface area contributed by atoms with E-state index >= 15 is 0 Å². The zero-order chi connectivity index (χ0) is 15.3. The molecule has 0 aliphatic carbocycles. The second-order valence-electron chi connectivity index (χ2n) is 5.71. The number of unbranched alkanes of at least 4 members (excludes halogenated alkanes) is 7. The van der Waals surface area contributed by atoms with E-state index in [1.165, 1.54) is 44.9 Å². The van der Waals surface area contributed by atoms with Crippen LogP contribution in [0.15, 0.2) is 30.3 Å². The predicted octanol–water partition coefficient (Wildman–Crippen LogP) is 4.23. The van der Waals surface area contributed by atoms with Crippen molar-refractivity contribution < 1.29 is 4.79 Å². The van der Waals surface area contributed by atoms with Crippen LogP contribution in [0.1, 0.15) is 75.1 Å². The molecule has 1 atom stereocenters. The quantitative estimate of drug-likeness (QED) is 0.473. The molecule has 0 heterocycles. The second kappa shape index (κ2) is 11.3. The lowest BCUT2D eigenvalue weighted by molar-refractivity contribution is 0.0935. The number of benzene rings is 1. The molecule has 3 N–H and O–H groups in total. The lowest BCUT2D eigenvalue weighted by Crippen LogP contribution is -2.41. The third-order valence-electron chi connectivity index (χ3n) is 3.72. The zero-order valence-corrected chi connectivity index (χ0v) is 13.3. The van der Waals surface area contributed by atoms with Gasteiger partial charge in [0.2, 0.25) is 0 Å². The van der Waals surface area contributed by atoms with Gasteiger partial charge in [0.15, 0.2) is 0 Å². The van der Waals surface area contributed by atoms with Gasteiger partial charge in [0, 0.05) is 5.56 Å². The minimum absolute atomic E-state index is 0.0809. The molecular formula is C18H30N2O. The predicted molar refractivity (Wildman–Crippen MR) is 89.1 cm³/mol. The van der Waals surface area contributed by atoms with Gasteiger partial charge in [-0.2, -0.15) is 0 Å². The lowest BCUT2D eigenvalue weighted by atomic mass is 10.1. The molecule has 1 unspecified atom stereocenters. The Balaban J connectivity index is 2.04. The van der Waals surface area contributed by atoms with Crippen molar-refractivity contribution >= 4 is 5.91 Å². The summed E-state index contributed by atoms with van der Waals surface area (Å²) in [6, 6.07) is 9.23. The van der Waals surface area contributed by atoms with Crippen LogP contribution in [-0.2, 0) is 0 Å². The SMILES string of the molecule is CCCCCCCCCCC(N)NC(=O)c1ccccc1. The molecule has 3 nitrogen and oxygen atoms in total. The Kier molecular flexibility index (Phi) is 9.55. The van der Waals surface area contributed by atoms with E-state index in [2.05, 4.69) is 12.2 Å². The molecule has 0 saturated heterocycles. The van der Waals surface area contributed by atoms with Crippen LogP contribution in [0.3, 0.4) is 0 Å². The molecule has 1 aromatic carbocycles. The van der Waals surface area contributed by atoms with Crippen molar-refractivity contribution in [1.29, 1.82) is 0 Å². The van der Waals surface area contributed by atoms with Gasteiger partial charge in [-0.25, -0.2) is 0 Å². The topological polar surface area (TPSA) is 55.1 Å². The van der Waals surface area contributed by atoms with E-state index in [1.54, 1.807) is 12.1 Å². The first-order valence-electron chi connectivity index (χ1n) is 8.35. The maximum absolute atomic E-state index is 11.9. The van der Waals surface area contributed by atoms with E-state index in [0.717, 1.165) is 12.8 Å². The van der Waals surface area contributed by atoms with Gasteiger partial charge in [0.1, 0.15) is 0 Å².